The molecule has 0 aliphatic heterocycles. The van der Waals surface area contributed by atoms with E-state index < -0.39 is 0 Å². The smallest absolute Gasteiger partial charge is 0.156 e. The Bertz CT molecular complexity index is 273. The van der Waals surface area contributed by atoms with Crippen LogP contribution in [0.25, 0.3) is 0 Å². The molecule has 11 heavy (non-hydrogen) atoms. The Kier molecular flexibility index (Phi) is 1.95. The zero-order valence-electron chi connectivity index (χ0n) is 5.93. The molecule has 0 fully saturated rings. The Morgan fingerprint density at radius 3 is 2.45 bits per heavy atom. The molecule has 0 aliphatic carbocycles. The average Bonchev–Trinajstić information content (AvgIpc) is 1.97. The van der Waals surface area contributed by atoms with Crippen LogP contribution in [0.1, 0.15) is 5.56 Å². The van der Waals surface area contributed by atoms with Crippen molar-refractivity contribution in [2.24, 2.45) is 0 Å². The Balaban J connectivity index is 3.46. The van der Waals surface area contributed by atoms with Gasteiger partial charge in [-0.15, -0.1) is 0 Å². The first-order valence-corrected chi connectivity index (χ1v) is 3.80. The lowest BCUT2D eigenvalue weighted by molar-refractivity contribution is 0.443. The number of rotatable bonds is 0. The molecule has 0 aromatic heterocycles. The highest BCUT2D eigenvalue weighted by atomic mass is 79.9. The van der Waals surface area contributed by atoms with Crippen LogP contribution in [-0.2, 0) is 0 Å². The van der Waals surface area contributed by atoms with Crippen molar-refractivity contribution in [3.8, 4) is 11.5 Å². The van der Waals surface area contributed by atoms with Crippen molar-refractivity contribution >= 4 is 21.6 Å². The lowest BCUT2D eigenvalue weighted by atomic mass is 10.2. The summed E-state index contributed by atoms with van der Waals surface area (Å²) >= 11 is 3.00. The van der Waals surface area contributed by atoms with Gasteiger partial charge in [0, 0.05) is 0 Å². The van der Waals surface area contributed by atoms with E-state index in [1.165, 1.54) is 6.07 Å². The van der Waals surface area contributed by atoms with Gasteiger partial charge in [-0.2, -0.15) is 0 Å². The monoisotopic (exact) mass is 217 g/mol. The van der Waals surface area contributed by atoms with Crippen molar-refractivity contribution in [1.29, 1.82) is 0 Å². The average molecular weight is 218 g/mol. The minimum Gasteiger partial charge on any atom is -0.506 e. The van der Waals surface area contributed by atoms with Crippen molar-refractivity contribution in [1.82, 2.24) is 0 Å². The Morgan fingerprint density at radius 1 is 1.36 bits per heavy atom. The summed E-state index contributed by atoms with van der Waals surface area (Å²) < 4.78 is 0.245. The molecule has 0 aliphatic rings. The SMILES string of the molecule is Cc1cc(N)c(O)c(Br)c1O. The van der Waals surface area contributed by atoms with Crippen molar-refractivity contribution in [3.05, 3.63) is 16.1 Å². The van der Waals surface area contributed by atoms with E-state index in [1.807, 2.05) is 0 Å². The zero-order valence-corrected chi connectivity index (χ0v) is 7.51. The quantitative estimate of drug-likeness (QED) is 0.353. The first-order valence-electron chi connectivity index (χ1n) is 3.00. The summed E-state index contributed by atoms with van der Waals surface area (Å²) in [7, 11) is 0. The second-order valence-electron chi connectivity index (χ2n) is 2.29. The van der Waals surface area contributed by atoms with Gasteiger partial charge in [0.05, 0.1) is 5.69 Å². The third-order valence-corrected chi connectivity index (χ3v) is 2.19. The second kappa shape index (κ2) is 2.62. The van der Waals surface area contributed by atoms with Crippen LogP contribution in [0.4, 0.5) is 5.69 Å². The normalized spacial score (nSPS) is 10.0. The fraction of sp³-hybridized carbons (Fsp3) is 0.143. The molecule has 1 aromatic carbocycles. The van der Waals surface area contributed by atoms with E-state index in [0.29, 0.717) is 5.56 Å². The maximum Gasteiger partial charge on any atom is 0.156 e. The summed E-state index contributed by atoms with van der Waals surface area (Å²) in [5, 5.41) is 18.4. The summed E-state index contributed by atoms with van der Waals surface area (Å²) in [4.78, 5) is 0. The number of phenolic OH excluding ortho intramolecular Hbond substituents is 2. The molecule has 0 unspecified atom stereocenters. The predicted octanol–water partition coefficient (Wildman–Crippen LogP) is 1.75. The van der Waals surface area contributed by atoms with Crippen LogP contribution >= 0.6 is 15.9 Å². The van der Waals surface area contributed by atoms with Crippen LogP contribution in [0.2, 0.25) is 0 Å². The van der Waals surface area contributed by atoms with Gasteiger partial charge < -0.3 is 15.9 Å². The molecule has 1 aromatic rings. The molecule has 4 N–H and O–H groups in total. The summed E-state index contributed by atoms with van der Waals surface area (Å²) in [5.41, 5.74) is 6.29. The number of nitrogens with two attached hydrogens (primary N) is 1. The number of nitrogen functional groups attached to an aromatic ring is 1. The fourth-order valence-corrected chi connectivity index (χ4v) is 1.32. The lowest BCUT2D eigenvalue weighted by Crippen LogP contribution is -1.88. The van der Waals surface area contributed by atoms with Gasteiger partial charge in [0.15, 0.2) is 5.75 Å². The molecule has 0 radical (unpaired) electrons. The summed E-state index contributed by atoms with van der Waals surface area (Å²) in [6.07, 6.45) is 0. The van der Waals surface area contributed by atoms with E-state index in [-0.39, 0.29) is 21.7 Å². The van der Waals surface area contributed by atoms with E-state index in [4.69, 9.17) is 5.73 Å². The minimum atomic E-state index is -0.117. The van der Waals surface area contributed by atoms with E-state index in [9.17, 15) is 10.2 Å². The number of aromatic hydroxyl groups is 2. The van der Waals surface area contributed by atoms with Crippen LogP contribution in [-0.4, -0.2) is 10.2 Å². The third kappa shape index (κ3) is 1.26. The Hall–Kier alpha value is -0.900. The summed E-state index contributed by atoms with van der Waals surface area (Å²) in [6.45, 7) is 1.70. The molecule has 60 valence electrons. The van der Waals surface area contributed by atoms with Crippen molar-refractivity contribution in [2.75, 3.05) is 5.73 Å². The van der Waals surface area contributed by atoms with Crippen LogP contribution in [0.5, 0.6) is 11.5 Å². The number of hydrogen-bond acceptors (Lipinski definition) is 3. The molecule has 0 heterocycles. The van der Waals surface area contributed by atoms with Gasteiger partial charge in [-0.1, -0.05) is 0 Å². The molecule has 3 nitrogen and oxygen atoms in total. The molecule has 1 rings (SSSR count). The van der Waals surface area contributed by atoms with Crippen LogP contribution in [0.15, 0.2) is 10.5 Å². The van der Waals surface area contributed by atoms with Crippen LogP contribution in [0, 0.1) is 6.92 Å². The van der Waals surface area contributed by atoms with E-state index in [0.717, 1.165) is 0 Å². The number of halogens is 1. The highest BCUT2D eigenvalue weighted by molar-refractivity contribution is 9.10. The molecule has 0 saturated carbocycles. The first kappa shape index (κ1) is 8.20. The van der Waals surface area contributed by atoms with Gasteiger partial charge in [0.25, 0.3) is 0 Å². The van der Waals surface area contributed by atoms with Gasteiger partial charge in [-0.05, 0) is 34.5 Å². The second-order valence-corrected chi connectivity index (χ2v) is 3.09. The van der Waals surface area contributed by atoms with Crippen LogP contribution in [0.3, 0.4) is 0 Å². The molecule has 0 spiro atoms. The van der Waals surface area contributed by atoms with E-state index in [2.05, 4.69) is 15.9 Å². The molecule has 0 amide bonds. The predicted molar refractivity (Wildman–Crippen MR) is 46.6 cm³/mol. The number of benzene rings is 1. The highest BCUT2D eigenvalue weighted by Gasteiger charge is 2.09. The largest absolute Gasteiger partial charge is 0.506 e. The maximum absolute atomic E-state index is 9.25. The number of phenols is 2. The standard InChI is InChI=1S/C7H8BrNO2/c1-3-2-4(9)7(11)5(8)6(3)10/h2,10-11H,9H2,1H3. The highest BCUT2D eigenvalue weighted by Crippen LogP contribution is 2.39. The van der Waals surface area contributed by atoms with Crippen LogP contribution < -0.4 is 5.73 Å². The number of hydrogen-bond donors (Lipinski definition) is 3. The summed E-state index contributed by atoms with van der Waals surface area (Å²) in [5.74, 6) is -0.0928. The van der Waals surface area contributed by atoms with Gasteiger partial charge >= 0.3 is 0 Å². The molecular weight excluding hydrogens is 210 g/mol. The van der Waals surface area contributed by atoms with Gasteiger partial charge in [0.1, 0.15) is 10.2 Å². The molecule has 0 bridgehead atoms. The topological polar surface area (TPSA) is 66.5 Å². The Labute approximate surface area is 72.6 Å². The zero-order chi connectivity index (χ0) is 8.59. The van der Waals surface area contributed by atoms with E-state index >= 15 is 0 Å². The van der Waals surface area contributed by atoms with Gasteiger partial charge in [-0.3, -0.25) is 0 Å². The van der Waals surface area contributed by atoms with Crippen molar-refractivity contribution < 1.29 is 10.2 Å². The van der Waals surface area contributed by atoms with Gasteiger partial charge in [-0.25, -0.2) is 0 Å². The Morgan fingerprint density at radius 2 is 1.91 bits per heavy atom. The van der Waals surface area contributed by atoms with Crippen molar-refractivity contribution in [3.63, 3.8) is 0 Å². The molecule has 0 atom stereocenters. The number of aryl methyl sites for hydroxylation is 1. The first-order chi connectivity index (χ1) is 5.04. The lowest BCUT2D eigenvalue weighted by Gasteiger charge is -2.05. The molecule has 4 heteroatoms. The summed E-state index contributed by atoms with van der Waals surface area (Å²) in [6, 6.07) is 1.51. The molecular formula is C7H8BrNO2. The van der Waals surface area contributed by atoms with Gasteiger partial charge in [0.2, 0.25) is 0 Å². The third-order valence-electron chi connectivity index (χ3n) is 1.43. The maximum atomic E-state index is 9.25. The molecule has 0 saturated heterocycles. The van der Waals surface area contributed by atoms with E-state index in [1.54, 1.807) is 6.92 Å². The van der Waals surface area contributed by atoms with Crippen molar-refractivity contribution in [2.45, 2.75) is 6.92 Å². The number of anilines is 1. The minimum absolute atomic E-state index is 0.0247. The fourth-order valence-electron chi connectivity index (χ4n) is 0.782.